The molecule has 0 atom stereocenters. The number of thioether (sulfide) groups is 1. The molecular formula is C18H30O2S. The number of esters is 1. The van der Waals surface area contributed by atoms with Crippen molar-refractivity contribution in [2.24, 2.45) is 0 Å². The number of allylic oxidation sites excluding steroid dienone is 5. The maximum absolute atomic E-state index is 10.9. The van der Waals surface area contributed by atoms with Crippen LogP contribution >= 0.6 is 11.8 Å². The largest absolute Gasteiger partial charge is 0.469 e. The van der Waals surface area contributed by atoms with Gasteiger partial charge in [0.05, 0.1) is 13.5 Å². The Morgan fingerprint density at radius 2 is 1.67 bits per heavy atom. The molecule has 0 saturated heterocycles. The summed E-state index contributed by atoms with van der Waals surface area (Å²) in [6.45, 7) is 2.23. The first-order valence-corrected chi connectivity index (χ1v) is 9.06. The Morgan fingerprint density at radius 3 is 2.33 bits per heavy atom. The summed E-state index contributed by atoms with van der Waals surface area (Å²) in [6, 6.07) is 0. The van der Waals surface area contributed by atoms with Gasteiger partial charge in [0.25, 0.3) is 0 Å². The number of carbonyl (C=O) groups is 1. The lowest BCUT2D eigenvalue weighted by molar-refractivity contribution is -0.140. The van der Waals surface area contributed by atoms with Crippen molar-refractivity contribution in [3.63, 3.8) is 0 Å². The average Bonchev–Trinajstić information content (AvgIpc) is 2.50. The van der Waals surface area contributed by atoms with Crippen LogP contribution < -0.4 is 0 Å². The number of methoxy groups -OCH3 is 1. The van der Waals surface area contributed by atoms with Crippen LogP contribution in [0, 0.1) is 0 Å². The van der Waals surface area contributed by atoms with Gasteiger partial charge in [-0.25, -0.2) is 0 Å². The topological polar surface area (TPSA) is 26.3 Å². The monoisotopic (exact) mass is 310 g/mol. The van der Waals surface area contributed by atoms with Crippen LogP contribution in [0.25, 0.3) is 0 Å². The first-order chi connectivity index (χ1) is 10.3. The highest BCUT2D eigenvalue weighted by Crippen LogP contribution is 2.04. The van der Waals surface area contributed by atoms with Crippen molar-refractivity contribution in [3.05, 3.63) is 36.5 Å². The van der Waals surface area contributed by atoms with E-state index in [9.17, 15) is 4.79 Å². The zero-order valence-electron chi connectivity index (χ0n) is 13.6. The fourth-order valence-electron chi connectivity index (χ4n) is 1.65. The average molecular weight is 311 g/mol. The van der Waals surface area contributed by atoms with Crippen molar-refractivity contribution in [2.75, 3.05) is 18.6 Å². The molecule has 0 unspecified atom stereocenters. The molecule has 0 N–H and O–H groups in total. The van der Waals surface area contributed by atoms with Gasteiger partial charge in [0.1, 0.15) is 0 Å². The minimum absolute atomic E-state index is 0.128. The molecular weight excluding hydrogens is 280 g/mol. The summed E-state index contributed by atoms with van der Waals surface area (Å²) in [5.74, 6) is 1.66. The summed E-state index contributed by atoms with van der Waals surface area (Å²) in [5, 5.41) is 0. The van der Waals surface area contributed by atoms with Crippen molar-refractivity contribution < 1.29 is 9.53 Å². The van der Waals surface area contributed by atoms with Gasteiger partial charge in [-0.1, -0.05) is 56.2 Å². The van der Waals surface area contributed by atoms with Crippen LogP contribution in [0.5, 0.6) is 0 Å². The van der Waals surface area contributed by atoms with Gasteiger partial charge < -0.3 is 4.74 Å². The maximum atomic E-state index is 10.9. The predicted octanol–water partition coefficient (Wildman–Crippen LogP) is 5.31. The van der Waals surface area contributed by atoms with Crippen LogP contribution in [0.15, 0.2) is 36.5 Å². The highest BCUT2D eigenvalue weighted by Gasteiger charge is 1.97. The SMILES string of the molecule is CCCCC/C=C/C/C=C/C/C=C/CSCCC(=O)OC. The van der Waals surface area contributed by atoms with Crippen LogP contribution in [-0.2, 0) is 9.53 Å². The van der Waals surface area contributed by atoms with E-state index in [1.807, 2.05) is 0 Å². The molecule has 0 radical (unpaired) electrons. The predicted molar refractivity (Wildman–Crippen MR) is 94.8 cm³/mol. The number of ether oxygens (including phenoxy) is 1. The summed E-state index contributed by atoms with van der Waals surface area (Å²) in [7, 11) is 1.43. The van der Waals surface area contributed by atoms with E-state index >= 15 is 0 Å². The Balaban J connectivity index is 3.34. The van der Waals surface area contributed by atoms with Crippen LogP contribution in [-0.4, -0.2) is 24.6 Å². The summed E-state index contributed by atoms with van der Waals surface area (Å²) in [4.78, 5) is 10.9. The van der Waals surface area contributed by atoms with Crippen LogP contribution in [0.2, 0.25) is 0 Å². The molecule has 0 rings (SSSR count). The molecule has 0 saturated carbocycles. The number of rotatable bonds is 13. The second-order valence-electron chi connectivity index (χ2n) is 4.78. The molecule has 0 spiro atoms. The van der Waals surface area contributed by atoms with Gasteiger partial charge in [-0.3, -0.25) is 4.79 Å². The van der Waals surface area contributed by atoms with Crippen molar-refractivity contribution in [2.45, 2.75) is 51.9 Å². The standard InChI is InChI=1S/C18H30O2S/c1-3-4-5-6-7-8-9-10-11-12-13-14-16-21-17-15-18(19)20-2/h7-8,10-11,13-14H,3-6,9,12,15-17H2,1-2H3/b8-7+,11-10+,14-13+. The van der Waals surface area contributed by atoms with Gasteiger partial charge in [-0.05, 0) is 25.7 Å². The molecule has 21 heavy (non-hydrogen) atoms. The van der Waals surface area contributed by atoms with Crippen molar-refractivity contribution in [1.82, 2.24) is 0 Å². The molecule has 0 aromatic rings. The molecule has 0 aromatic carbocycles. The summed E-state index contributed by atoms with van der Waals surface area (Å²) in [6.07, 6.45) is 21.0. The van der Waals surface area contributed by atoms with Crippen molar-refractivity contribution >= 4 is 17.7 Å². The smallest absolute Gasteiger partial charge is 0.306 e. The van der Waals surface area contributed by atoms with E-state index in [1.54, 1.807) is 11.8 Å². The Bertz CT molecular complexity index is 319. The molecule has 0 bridgehead atoms. The zero-order chi connectivity index (χ0) is 15.6. The Labute approximate surface area is 134 Å². The normalized spacial score (nSPS) is 11.9. The lowest BCUT2D eigenvalue weighted by Crippen LogP contribution is -2.01. The zero-order valence-corrected chi connectivity index (χ0v) is 14.4. The Hall–Kier alpha value is -0.960. The maximum Gasteiger partial charge on any atom is 0.306 e. The van der Waals surface area contributed by atoms with Gasteiger partial charge in [-0.2, -0.15) is 11.8 Å². The van der Waals surface area contributed by atoms with Gasteiger partial charge in [0.15, 0.2) is 0 Å². The first-order valence-electron chi connectivity index (χ1n) is 7.90. The van der Waals surface area contributed by atoms with Gasteiger partial charge in [0, 0.05) is 11.5 Å². The lowest BCUT2D eigenvalue weighted by atomic mass is 10.2. The molecule has 0 aliphatic heterocycles. The third-order valence-electron chi connectivity index (χ3n) is 2.91. The second-order valence-corrected chi connectivity index (χ2v) is 5.93. The van der Waals surface area contributed by atoms with E-state index in [0.717, 1.165) is 24.3 Å². The van der Waals surface area contributed by atoms with Crippen molar-refractivity contribution in [3.8, 4) is 0 Å². The van der Waals surface area contributed by atoms with Crippen molar-refractivity contribution in [1.29, 1.82) is 0 Å². The number of hydrogen-bond acceptors (Lipinski definition) is 3. The molecule has 120 valence electrons. The van der Waals surface area contributed by atoms with Crippen LogP contribution in [0.1, 0.15) is 51.9 Å². The van der Waals surface area contributed by atoms with E-state index < -0.39 is 0 Å². The van der Waals surface area contributed by atoms with Gasteiger partial charge >= 0.3 is 5.97 Å². The molecule has 3 heteroatoms. The second kappa shape index (κ2) is 17.1. The number of hydrogen-bond donors (Lipinski definition) is 0. The number of unbranched alkanes of at least 4 members (excludes halogenated alkanes) is 3. The van der Waals surface area contributed by atoms with Gasteiger partial charge in [0.2, 0.25) is 0 Å². The quantitative estimate of drug-likeness (QED) is 0.262. The number of carbonyl (C=O) groups excluding carboxylic acids is 1. The summed E-state index contributed by atoms with van der Waals surface area (Å²) >= 11 is 1.76. The molecule has 0 aliphatic carbocycles. The Kier molecular flexibility index (Phi) is 16.3. The van der Waals surface area contributed by atoms with E-state index in [4.69, 9.17) is 0 Å². The minimum Gasteiger partial charge on any atom is -0.469 e. The summed E-state index contributed by atoms with van der Waals surface area (Å²) in [5.41, 5.74) is 0. The highest BCUT2D eigenvalue weighted by atomic mass is 32.2. The fourth-order valence-corrected chi connectivity index (χ4v) is 2.40. The van der Waals surface area contributed by atoms with Crippen LogP contribution in [0.3, 0.4) is 0 Å². The lowest BCUT2D eigenvalue weighted by Gasteiger charge is -1.96. The van der Waals surface area contributed by atoms with E-state index in [2.05, 4.69) is 48.1 Å². The molecule has 0 fully saturated rings. The molecule has 0 aliphatic rings. The first kappa shape index (κ1) is 20.0. The summed E-state index contributed by atoms with van der Waals surface area (Å²) < 4.78 is 4.58. The van der Waals surface area contributed by atoms with E-state index in [-0.39, 0.29) is 5.97 Å². The third kappa shape index (κ3) is 17.0. The highest BCUT2D eigenvalue weighted by molar-refractivity contribution is 7.99. The molecule has 2 nitrogen and oxygen atoms in total. The van der Waals surface area contributed by atoms with E-state index in [0.29, 0.717) is 6.42 Å². The molecule has 0 heterocycles. The van der Waals surface area contributed by atoms with Crippen LogP contribution in [0.4, 0.5) is 0 Å². The van der Waals surface area contributed by atoms with Gasteiger partial charge in [-0.15, -0.1) is 0 Å². The minimum atomic E-state index is -0.128. The Morgan fingerprint density at radius 1 is 1.00 bits per heavy atom. The third-order valence-corrected chi connectivity index (χ3v) is 3.83. The molecule has 0 aromatic heterocycles. The van der Waals surface area contributed by atoms with E-state index in [1.165, 1.54) is 32.8 Å². The molecule has 0 amide bonds. The fraction of sp³-hybridized carbons (Fsp3) is 0.611.